The van der Waals surface area contributed by atoms with Gasteiger partial charge in [0.05, 0.1) is 13.2 Å². The second kappa shape index (κ2) is 14.3. The van der Waals surface area contributed by atoms with E-state index in [9.17, 15) is 0 Å². The third-order valence-electron chi connectivity index (χ3n) is 3.02. The Morgan fingerprint density at radius 2 is 1.05 bits per heavy atom. The molecular formula is C18H30O2. The summed E-state index contributed by atoms with van der Waals surface area (Å²) in [6.45, 7) is 18.1. The maximum atomic E-state index is 5.50. The Hall–Kier alpha value is -1.12. The SMILES string of the molecule is C=CC(=C)CCCCOCCOCCCCC(=C)C=C. The van der Waals surface area contributed by atoms with Crippen LogP contribution in [-0.4, -0.2) is 26.4 Å². The van der Waals surface area contributed by atoms with Crippen molar-refractivity contribution in [3.05, 3.63) is 49.6 Å². The number of unbranched alkanes of at least 4 members (excludes halogenated alkanes) is 2. The van der Waals surface area contributed by atoms with Gasteiger partial charge in [-0.1, -0.05) is 49.6 Å². The summed E-state index contributed by atoms with van der Waals surface area (Å²) in [6, 6.07) is 0. The second-order valence-electron chi connectivity index (χ2n) is 4.86. The summed E-state index contributed by atoms with van der Waals surface area (Å²) in [5, 5.41) is 0. The summed E-state index contributed by atoms with van der Waals surface area (Å²) < 4.78 is 11.0. The van der Waals surface area contributed by atoms with E-state index in [1.165, 1.54) is 0 Å². The van der Waals surface area contributed by atoms with E-state index >= 15 is 0 Å². The van der Waals surface area contributed by atoms with Crippen molar-refractivity contribution in [3.63, 3.8) is 0 Å². The van der Waals surface area contributed by atoms with Gasteiger partial charge in [0, 0.05) is 13.2 Å². The first-order valence-corrected chi connectivity index (χ1v) is 7.46. The Morgan fingerprint density at radius 1 is 0.650 bits per heavy atom. The van der Waals surface area contributed by atoms with Gasteiger partial charge in [0.25, 0.3) is 0 Å². The Morgan fingerprint density at radius 3 is 1.40 bits per heavy atom. The summed E-state index contributed by atoms with van der Waals surface area (Å²) in [5.74, 6) is 0. The van der Waals surface area contributed by atoms with Gasteiger partial charge in [0.1, 0.15) is 0 Å². The monoisotopic (exact) mass is 278 g/mol. The molecule has 20 heavy (non-hydrogen) atoms. The van der Waals surface area contributed by atoms with Crippen LogP contribution in [-0.2, 0) is 9.47 Å². The van der Waals surface area contributed by atoms with Gasteiger partial charge < -0.3 is 9.47 Å². The second-order valence-corrected chi connectivity index (χ2v) is 4.86. The normalized spacial score (nSPS) is 10.2. The van der Waals surface area contributed by atoms with E-state index in [4.69, 9.17) is 9.47 Å². The predicted octanol–water partition coefficient (Wildman–Crippen LogP) is 4.84. The zero-order valence-corrected chi connectivity index (χ0v) is 12.9. The molecule has 114 valence electrons. The average molecular weight is 278 g/mol. The Labute approximate surface area is 124 Å². The largest absolute Gasteiger partial charge is 0.379 e. The van der Waals surface area contributed by atoms with Gasteiger partial charge in [0.15, 0.2) is 0 Å². The molecule has 0 aliphatic carbocycles. The van der Waals surface area contributed by atoms with Crippen LogP contribution in [0, 0.1) is 0 Å². The van der Waals surface area contributed by atoms with E-state index in [1.54, 1.807) is 0 Å². The molecule has 0 rings (SSSR count). The van der Waals surface area contributed by atoms with Crippen LogP contribution in [0.2, 0.25) is 0 Å². The van der Waals surface area contributed by atoms with Crippen LogP contribution >= 0.6 is 0 Å². The summed E-state index contributed by atoms with van der Waals surface area (Å²) in [4.78, 5) is 0. The van der Waals surface area contributed by atoms with E-state index in [0.29, 0.717) is 13.2 Å². The van der Waals surface area contributed by atoms with Crippen LogP contribution in [0.5, 0.6) is 0 Å². The summed E-state index contributed by atoms with van der Waals surface area (Å²) in [6.07, 6.45) is 10.0. The molecule has 0 heterocycles. The first-order valence-electron chi connectivity index (χ1n) is 7.46. The number of ether oxygens (including phenoxy) is 2. The fourth-order valence-corrected chi connectivity index (χ4v) is 1.64. The van der Waals surface area contributed by atoms with Gasteiger partial charge >= 0.3 is 0 Å². The molecule has 0 aromatic rings. The van der Waals surface area contributed by atoms with Crippen LogP contribution in [0.25, 0.3) is 0 Å². The summed E-state index contributed by atoms with van der Waals surface area (Å²) >= 11 is 0. The molecule has 0 atom stereocenters. The highest BCUT2D eigenvalue weighted by Crippen LogP contribution is 2.06. The summed E-state index contributed by atoms with van der Waals surface area (Å²) in [7, 11) is 0. The lowest BCUT2D eigenvalue weighted by atomic mass is 10.1. The average Bonchev–Trinajstić information content (AvgIpc) is 2.47. The molecule has 0 unspecified atom stereocenters. The molecule has 0 amide bonds. The molecular weight excluding hydrogens is 248 g/mol. The maximum Gasteiger partial charge on any atom is 0.0700 e. The van der Waals surface area contributed by atoms with Crippen molar-refractivity contribution >= 4 is 0 Å². The smallest absolute Gasteiger partial charge is 0.0700 e. The first kappa shape index (κ1) is 18.9. The number of allylic oxidation sites excluding steroid dienone is 4. The molecule has 0 aromatic heterocycles. The first-order chi connectivity index (χ1) is 9.70. The van der Waals surface area contributed by atoms with E-state index in [1.807, 2.05) is 12.2 Å². The number of hydrogen-bond acceptors (Lipinski definition) is 2. The van der Waals surface area contributed by atoms with Crippen molar-refractivity contribution in [2.75, 3.05) is 26.4 Å². The van der Waals surface area contributed by atoms with Gasteiger partial charge in [-0.3, -0.25) is 0 Å². The van der Waals surface area contributed by atoms with Crippen LogP contribution in [0.4, 0.5) is 0 Å². The molecule has 0 aromatic carbocycles. The fourth-order valence-electron chi connectivity index (χ4n) is 1.64. The van der Waals surface area contributed by atoms with Gasteiger partial charge in [-0.05, 0) is 38.5 Å². The molecule has 0 aliphatic rings. The van der Waals surface area contributed by atoms with Crippen molar-refractivity contribution < 1.29 is 9.47 Å². The topological polar surface area (TPSA) is 18.5 Å². The van der Waals surface area contributed by atoms with Gasteiger partial charge in [0.2, 0.25) is 0 Å². The van der Waals surface area contributed by atoms with Gasteiger partial charge in [-0.2, -0.15) is 0 Å². The zero-order valence-electron chi connectivity index (χ0n) is 12.9. The van der Waals surface area contributed by atoms with Crippen LogP contribution in [0.3, 0.4) is 0 Å². The highest BCUT2D eigenvalue weighted by atomic mass is 16.5. The zero-order chi connectivity index (χ0) is 15.1. The molecule has 2 heteroatoms. The lowest BCUT2D eigenvalue weighted by Crippen LogP contribution is -2.06. The lowest BCUT2D eigenvalue weighted by Gasteiger charge is -2.06. The van der Waals surface area contributed by atoms with Crippen LogP contribution < -0.4 is 0 Å². The van der Waals surface area contributed by atoms with Crippen LogP contribution in [0.15, 0.2) is 49.6 Å². The third-order valence-corrected chi connectivity index (χ3v) is 3.02. The molecule has 2 nitrogen and oxygen atoms in total. The number of hydrogen-bond donors (Lipinski definition) is 0. The molecule has 0 saturated heterocycles. The fraction of sp³-hybridized carbons (Fsp3) is 0.556. The van der Waals surface area contributed by atoms with Crippen molar-refractivity contribution in [1.29, 1.82) is 0 Å². The highest BCUT2D eigenvalue weighted by molar-refractivity contribution is 5.10. The van der Waals surface area contributed by atoms with E-state index in [-0.39, 0.29) is 0 Å². The maximum absolute atomic E-state index is 5.50. The molecule has 0 radical (unpaired) electrons. The summed E-state index contributed by atoms with van der Waals surface area (Å²) in [5.41, 5.74) is 2.21. The molecule has 0 spiro atoms. The van der Waals surface area contributed by atoms with E-state index < -0.39 is 0 Å². The standard InChI is InChI=1S/C18H30O2/c1-5-17(3)11-7-9-13-19-15-16-20-14-10-8-12-18(4)6-2/h5-6H,1-4,7-16H2. The van der Waals surface area contributed by atoms with Crippen molar-refractivity contribution in [2.45, 2.75) is 38.5 Å². The molecule has 0 bridgehead atoms. The minimum absolute atomic E-state index is 0.682. The van der Waals surface area contributed by atoms with Crippen molar-refractivity contribution in [2.24, 2.45) is 0 Å². The van der Waals surface area contributed by atoms with E-state index in [0.717, 1.165) is 62.9 Å². The predicted molar refractivity (Wildman–Crippen MR) is 88.0 cm³/mol. The molecule has 0 saturated carbocycles. The minimum Gasteiger partial charge on any atom is -0.379 e. The van der Waals surface area contributed by atoms with Crippen LogP contribution in [0.1, 0.15) is 38.5 Å². The Kier molecular flexibility index (Phi) is 13.5. The van der Waals surface area contributed by atoms with Crippen molar-refractivity contribution in [3.8, 4) is 0 Å². The molecule has 0 N–H and O–H groups in total. The van der Waals surface area contributed by atoms with E-state index in [2.05, 4.69) is 26.3 Å². The minimum atomic E-state index is 0.682. The Bertz CT molecular complexity index is 262. The Balaban J connectivity index is 3.09. The third kappa shape index (κ3) is 13.3. The van der Waals surface area contributed by atoms with Crippen molar-refractivity contribution in [1.82, 2.24) is 0 Å². The molecule has 0 aliphatic heterocycles. The lowest BCUT2D eigenvalue weighted by molar-refractivity contribution is 0.0452. The van der Waals surface area contributed by atoms with Gasteiger partial charge in [-0.15, -0.1) is 0 Å². The molecule has 0 fully saturated rings. The number of rotatable bonds is 15. The quantitative estimate of drug-likeness (QED) is 0.315. The van der Waals surface area contributed by atoms with Gasteiger partial charge in [-0.25, -0.2) is 0 Å². The highest BCUT2D eigenvalue weighted by Gasteiger charge is 1.94.